The van der Waals surface area contributed by atoms with Gasteiger partial charge in [-0.1, -0.05) is 0 Å². The number of nitrogens with one attached hydrogen (secondary N) is 1. The maximum atomic E-state index is 5.15. The lowest BCUT2D eigenvalue weighted by Crippen LogP contribution is -2.49. The number of aromatic nitrogens is 3. The summed E-state index contributed by atoms with van der Waals surface area (Å²) in [4.78, 5) is 17.6. The molecule has 1 aliphatic heterocycles. The zero-order chi connectivity index (χ0) is 14.5. The highest BCUT2D eigenvalue weighted by atomic mass is 16.5. The van der Waals surface area contributed by atoms with Gasteiger partial charge in [-0.25, -0.2) is 0 Å². The molecule has 0 aliphatic carbocycles. The van der Waals surface area contributed by atoms with Crippen LogP contribution in [0.3, 0.4) is 0 Å². The number of piperazine rings is 1. The Hall–Kier alpha value is -1.63. The van der Waals surface area contributed by atoms with E-state index in [-0.39, 0.29) is 0 Å². The van der Waals surface area contributed by atoms with Gasteiger partial charge in [-0.15, -0.1) is 0 Å². The summed E-state index contributed by atoms with van der Waals surface area (Å²) >= 11 is 0. The molecule has 0 saturated carbocycles. The van der Waals surface area contributed by atoms with Gasteiger partial charge >= 0.3 is 6.01 Å². The van der Waals surface area contributed by atoms with Crippen molar-refractivity contribution in [3.05, 3.63) is 0 Å². The molecule has 7 nitrogen and oxygen atoms in total. The van der Waals surface area contributed by atoms with Gasteiger partial charge in [0.1, 0.15) is 0 Å². The first kappa shape index (κ1) is 14.8. The highest BCUT2D eigenvalue weighted by Gasteiger charge is 2.21. The van der Waals surface area contributed by atoms with Gasteiger partial charge in [-0.05, 0) is 20.8 Å². The van der Waals surface area contributed by atoms with Gasteiger partial charge in [0.15, 0.2) is 0 Å². The largest absolute Gasteiger partial charge is 0.467 e. The molecule has 20 heavy (non-hydrogen) atoms. The van der Waals surface area contributed by atoms with E-state index >= 15 is 0 Å². The molecule has 7 heteroatoms. The van der Waals surface area contributed by atoms with Crippen LogP contribution in [0.25, 0.3) is 0 Å². The van der Waals surface area contributed by atoms with Crippen molar-refractivity contribution < 1.29 is 4.74 Å². The molecule has 2 heterocycles. The molecular weight excluding hydrogens is 256 g/mol. The molecule has 1 aliphatic rings. The van der Waals surface area contributed by atoms with Crippen molar-refractivity contribution in [2.24, 2.45) is 0 Å². The van der Waals surface area contributed by atoms with Crippen molar-refractivity contribution in [2.75, 3.05) is 50.1 Å². The van der Waals surface area contributed by atoms with Crippen LogP contribution in [0.2, 0.25) is 0 Å². The Morgan fingerprint density at radius 1 is 1.15 bits per heavy atom. The van der Waals surface area contributed by atoms with Crippen molar-refractivity contribution >= 4 is 11.9 Å². The number of anilines is 2. The molecule has 0 bridgehead atoms. The summed E-state index contributed by atoms with van der Waals surface area (Å²) in [5.74, 6) is 1.26. The van der Waals surface area contributed by atoms with Crippen molar-refractivity contribution in [3.63, 3.8) is 0 Å². The van der Waals surface area contributed by atoms with Gasteiger partial charge in [0.2, 0.25) is 11.9 Å². The fourth-order valence-corrected chi connectivity index (χ4v) is 2.25. The molecule has 1 fully saturated rings. The molecule has 0 aromatic carbocycles. The highest BCUT2D eigenvalue weighted by Crippen LogP contribution is 2.17. The Morgan fingerprint density at radius 3 is 2.40 bits per heavy atom. The van der Waals surface area contributed by atoms with Crippen LogP contribution in [-0.2, 0) is 0 Å². The number of hydrogen-bond acceptors (Lipinski definition) is 7. The van der Waals surface area contributed by atoms with E-state index in [1.807, 2.05) is 6.92 Å². The van der Waals surface area contributed by atoms with Crippen molar-refractivity contribution in [1.29, 1.82) is 0 Å². The predicted octanol–water partition coefficient (Wildman–Crippen LogP) is 0.842. The van der Waals surface area contributed by atoms with E-state index in [9.17, 15) is 0 Å². The lowest BCUT2D eigenvalue weighted by molar-refractivity contribution is 0.208. The smallest absolute Gasteiger partial charge is 0.322 e. The van der Waals surface area contributed by atoms with E-state index in [1.54, 1.807) is 7.11 Å². The first-order valence-electron chi connectivity index (χ1n) is 7.17. The maximum Gasteiger partial charge on any atom is 0.322 e. The Kier molecular flexibility index (Phi) is 4.94. The summed E-state index contributed by atoms with van der Waals surface area (Å²) in [7, 11) is 1.57. The minimum absolute atomic E-state index is 0.359. The van der Waals surface area contributed by atoms with Crippen LogP contribution in [-0.4, -0.2) is 65.7 Å². The summed E-state index contributed by atoms with van der Waals surface area (Å²) in [6.45, 7) is 11.2. The summed E-state index contributed by atoms with van der Waals surface area (Å²) in [6.07, 6.45) is 0. The number of rotatable bonds is 5. The summed E-state index contributed by atoms with van der Waals surface area (Å²) < 4.78 is 5.15. The monoisotopic (exact) mass is 280 g/mol. The molecule has 1 aromatic rings. The van der Waals surface area contributed by atoms with Gasteiger partial charge in [-0.3, -0.25) is 4.90 Å². The molecular formula is C13H24N6O. The second kappa shape index (κ2) is 6.69. The first-order chi connectivity index (χ1) is 9.63. The molecule has 2 rings (SSSR count). The molecule has 0 unspecified atom stereocenters. The Labute approximate surface area is 120 Å². The van der Waals surface area contributed by atoms with Crippen LogP contribution < -0.4 is 15.0 Å². The van der Waals surface area contributed by atoms with Gasteiger partial charge in [0.25, 0.3) is 0 Å². The Bertz CT molecular complexity index is 431. The van der Waals surface area contributed by atoms with Crippen LogP contribution in [0.1, 0.15) is 20.8 Å². The fourth-order valence-electron chi connectivity index (χ4n) is 2.25. The number of nitrogens with zero attached hydrogens (tertiary/aromatic N) is 5. The van der Waals surface area contributed by atoms with Crippen LogP contribution in [0.5, 0.6) is 6.01 Å². The van der Waals surface area contributed by atoms with E-state index < -0.39 is 0 Å². The quantitative estimate of drug-likeness (QED) is 0.857. The zero-order valence-electron chi connectivity index (χ0n) is 12.8. The van der Waals surface area contributed by atoms with Crippen molar-refractivity contribution in [3.8, 4) is 6.01 Å². The third-order valence-corrected chi connectivity index (χ3v) is 3.45. The normalized spacial score (nSPS) is 16.6. The topological polar surface area (TPSA) is 66.4 Å². The predicted molar refractivity (Wildman–Crippen MR) is 79.5 cm³/mol. The molecule has 1 N–H and O–H groups in total. The summed E-state index contributed by atoms with van der Waals surface area (Å²) in [6, 6.07) is 0.944. The molecule has 1 aromatic heterocycles. The first-order valence-corrected chi connectivity index (χ1v) is 7.17. The van der Waals surface area contributed by atoms with Crippen LogP contribution >= 0.6 is 0 Å². The molecule has 0 amide bonds. The van der Waals surface area contributed by atoms with Crippen LogP contribution in [0, 0.1) is 0 Å². The Balaban J connectivity index is 2.10. The third-order valence-electron chi connectivity index (χ3n) is 3.45. The maximum absolute atomic E-state index is 5.15. The summed E-state index contributed by atoms with van der Waals surface area (Å²) in [5, 5.41) is 3.11. The van der Waals surface area contributed by atoms with Crippen LogP contribution in [0.15, 0.2) is 0 Å². The highest BCUT2D eigenvalue weighted by molar-refractivity contribution is 5.38. The number of methoxy groups -OCH3 is 1. The van der Waals surface area contributed by atoms with Crippen LogP contribution in [0.4, 0.5) is 11.9 Å². The second-order valence-electron chi connectivity index (χ2n) is 5.09. The SMILES string of the molecule is CCNc1nc(OC)nc(N2CCN(C(C)C)CC2)n1. The standard InChI is InChI=1S/C13H24N6O/c1-5-14-11-15-12(17-13(16-11)20-4)19-8-6-18(7-9-19)10(2)3/h10H,5-9H2,1-4H3,(H,14,15,16,17). The van der Waals surface area contributed by atoms with E-state index in [1.165, 1.54) is 0 Å². The van der Waals surface area contributed by atoms with E-state index in [2.05, 4.69) is 43.9 Å². The lowest BCUT2D eigenvalue weighted by Gasteiger charge is -2.36. The van der Waals surface area contributed by atoms with E-state index in [4.69, 9.17) is 4.74 Å². The average Bonchev–Trinajstić information content (AvgIpc) is 2.47. The van der Waals surface area contributed by atoms with E-state index in [0.29, 0.717) is 23.9 Å². The van der Waals surface area contributed by atoms with Crippen molar-refractivity contribution in [1.82, 2.24) is 19.9 Å². The number of hydrogen-bond donors (Lipinski definition) is 1. The van der Waals surface area contributed by atoms with Crippen molar-refractivity contribution in [2.45, 2.75) is 26.8 Å². The van der Waals surface area contributed by atoms with Gasteiger partial charge < -0.3 is 15.0 Å². The minimum atomic E-state index is 0.359. The molecule has 0 spiro atoms. The number of ether oxygens (including phenoxy) is 1. The minimum Gasteiger partial charge on any atom is -0.467 e. The molecule has 0 radical (unpaired) electrons. The van der Waals surface area contributed by atoms with Gasteiger partial charge in [-0.2, -0.15) is 15.0 Å². The lowest BCUT2D eigenvalue weighted by atomic mass is 10.2. The van der Waals surface area contributed by atoms with E-state index in [0.717, 1.165) is 32.7 Å². The third kappa shape index (κ3) is 3.47. The molecule has 0 atom stereocenters. The fraction of sp³-hybridized carbons (Fsp3) is 0.769. The van der Waals surface area contributed by atoms with Gasteiger partial charge in [0.05, 0.1) is 7.11 Å². The summed E-state index contributed by atoms with van der Waals surface area (Å²) in [5.41, 5.74) is 0. The average molecular weight is 280 g/mol. The van der Waals surface area contributed by atoms with Gasteiger partial charge in [0, 0.05) is 38.8 Å². The Morgan fingerprint density at radius 2 is 1.85 bits per heavy atom. The zero-order valence-corrected chi connectivity index (χ0v) is 12.8. The molecule has 112 valence electrons. The molecule has 1 saturated heterocycles. The second-order valence-corrected chi connectivity index (χ2v) is 5.09.